The van der Waals surface area contributed by atoms with Gasteiger partial charge in [-0.05, 0) is 13.3 Å². The zero-order chi connectivity index (χ0) is 13.2. The second-order valence-corrected chi connectivity index (χ2v) is 3.69. The lowest BCUT2D eigenvalue weighted by atomic mass is 10.3. The van der Waals surface area contributed by atoms with E-state index in [4.69, 9.17) is 9.26 Å². The Labute approximate surface area is 131 Å². The molecule has 0 saturated heterocycles. The summed E-state index contributed by atoms with van der Waals surface area (Å²) in [5, 5.41) is 10.2. The first kappa shape index (κ1) is 18.2. The van der Waals surface area contributed by atoms with E-state index in [-0.39, 0.29) is 24.0 Å². The van der Waals surface area contributed by atoms with E-state index in [1.807, 2.05) is 19.9 Å². The molecule has 0 aliphatic rings. The molecular weight excluding hydrogens is 359 g/mol. The maximum atomic E-state index is 5.24. The molecule has 19 heavy (non-hydrogen) atoms. The third-order valence-corrected chi connectivity index (χ3v) is 2.37. The van der Waals surface area contributed by atoms with Crippen LogP contribution in [-0.2, 0) is 17.7 Å². The first-order valence-corrected chi connectivity index (χ1v) is 6.26. The number of hydrogen-bond donors (Lipinski definition) is 2. The van der Waals surface area contributed by atoms with Gasteiger partial charge in [0.25, 0.3) is 0 Å². The summed E-state index contributed by atoms with van der Waals surface area (Å²) in [5.41, 5.74) is 0.964. The van der Waals surface area contributed by atoms with E-state index in [2.05, 4.69) is 20.8 Å². The summed E-state index contributed by atoms with van der Waals surface area (Å²) in [6.07, 6.45) is 0.880. The number of hydrogen-bond acceptors (Lipinski definition) is 4. The average molecular weight is 382 g/mol. The van der Waals surface area contributed by atoms with Gasteiger partial charge in [0, 0.05) is 26.3 Å². The molecule has 0 aliphatic carbocycles. The molecule has 0 amide bonds. The highest BCUT2D eigenvalue weighted by Crippen LogP contribution is 2.03. The largest absolute Gasteiger partial charge is 0.380 e. The van der Waals surface area contributed by atoms with E-state index >= 15 is 0 Å². The Morgan fingerprint density at radius 2 is 2.21 bits per heavy atom. The van der Waals surface area contributed by atoms with Gasteiger partial charge in [0.2, 0.25) is 0 Å². The molecule has 0 bridgehead atoms. The van der Waals surface area contributed by atoms with Gasteiger partial charge in [-0.3, -0.25) is 4.99 Å². The Kier molecular flexibility index (Phi) is 10.6. The van der Waals surface area contributed by atoms with Crippen LogP contribution in [0.5, 0.6) is 0 Å². The fourth-order valence-corrected chi connectivity index (χ4v) is 1.38. The Balaban J connectivity index is 0.00000324. The third kappa shape index (κ3) is 7.36. The molecule has 0 radical (unpaired) electrons. The molecule has 2 N–H and O–H groups in total. The summed E-state index contributed by atoms with van der Waals surface area (Å²) in [5.74, 6) is 1.53. The predicted molar refractivity (Wildman–Crippen MR) is 86.0 cm³/mol. The summed E-state index contributed by atoms with van der Waals surface area (Å²) in [6.45, 7) is 6.71. The number of guanidine groups is 1. The van der Waals surface area contributed by atoms with Crippen LogP contribution in [0, 0.1) is 0 Å². The number of ether oxygens (including phenoxy) is 1. The molecule has 1 aromatic rings. The molecule has 0 fully saturated rings. The second kappa shape index (κ2) is 11.0. The van der Waals surface area contributed by atoms with Crippen molar-refractivity contribution in [1.82, 2.24) is 15.8 Å². The lowest BCUT2D eigenvalue weighted by Crippen LogP contribution is -2.38. The maximum Gasteiger partial charge on any atom is 0.191 e. The fraction of sp³-hybridized carbons (Fsp3) is 0.667. The SMILES string of the molecule is CCOCCNC(=NC)NCc1cc(CC)no1.I. The number of aliphatic imine (C=N–C) groups is 1. The summed E-state index contributed by atoms with van der Waals surface area (Å²) >= 11 is 0. The Hall–Kier alpha value is -0.830. The van der Waals surface area contributed by atoms with E-state index in [9.17, 15) is 0 Å². The van der Waals surface area contributed by atoms with Gasteiger partial charge in [0.1, 0.15) is 0 Å². The van der Waals surface area contributed by atoms with E-state index in [0.29, 0.717) is 13.2 Å². The molecule has 0 saturated carbocycles. The van der Waals surface area contributed by atoms with Crippen LogP contribution in [0.4, 0.5) is 0 Å². The quantitative estimate of drug-likeness (QED) is 0.324. The Bertz CT molecular complexity index is 368. The summed E-state index contributed by atoms with van der Waals surface area (Å²) < 4.78 is 10.4. The molecule has 0 aliphatic heterocycles. The molecule has 1 rings (SSSR count). The molecule has 0 unspecified atom stereocenters. The summed E-state index contributed by atoms with van der Waals surface area (Å²) in [7, 11) is 1.73. The minimum atomic E-state index is 0. The zero-order valence-electron chi connectivity index (χ0n) is 11.7. The van der Waals surface area contributed by atoms with Gasteiger partial charge >= 0.3 is 0 Å². The zero-order valence-corrected chi connectivity index (χ0v) is 14.1. The Morgan fingerprint density at radius 1 is 1.42 bits per heavy atom. The van der Waals surface area contributed by atoms with Crippen molar-refractivity contribution in [2.75, 3.05) is 26.8 Å². The first-order valence-electron chi connectivity index (χ1n) is 6.26. The normalized spacial score (nSPS) is 11.0. The van der Waals surface area contributed by atoms with Gasteiger partial charge in [-0.2, -0.15) is 0 Å². The number of aromatic nitrogens is 1. The summed E-state index contributed by atoms with van der Waals surface area (Å²) in [6, 6.07) is 1.94. The third-order valence-electron chi connectivity index (χ3n) is 2.37. The van der Waals surface area contributed by atoms with Crippen LogP contribution in [-0.4, -0.2) is 37.9 Å². The molecule has 6 nitrogen and oxygen atoms in total. The number of halogens is 1. The lowest BCUT2D eigenvalue weighted by Gasteiger charge is -2.10. The van der Waals surface area contributed by atoms with Crippen LogP contribution in [0.1, 0.15) is 25.3 Å². The maximum absolute atomic E-state index is 5.24. The van der Waals surface area contributed by atoms with Crippen LogP contribution < -0.4 is 10.6 Å². The lowest BCUT2D eigenvalue weighted by molar-refractivity contribution is 0.152. The minimum absolute atomic E-state index is 0. The van der Waals surface area contributed by atoms with Crippen molar-refractivity contribution >= 4 is 29.9 Å². The van der Waals surface area contributed by atoms with Gasteiger partial charge in [0.05, 0.1) is 18.8 Å². The van der Waals surface area contributed by atoms with E-state index in [0.717, 1.165) is 37.0 Å². The van der Waals surface area contributed by atoms with Gasteiger partial charge in [0.15, 0.2) is 11.7 Å². The monoisotopic (exact) mass is 382 g/mol. The number of nitrogens with one attached hydrogen (secondary N) is 2. The minimum Gasteiger partial charge on any atom is -0.380 e. The average Bonchev–Trinajstić information content (AvgIpc) is 2.86. The van der Waals surface area contributed by atoms with E-state index < -0.39 is 0 Å². The van der Waals surface area contributed by atoms with Crippen molar-refractivity contribution in [3.63, 3.8) is 0 Å². The predicted octanol–water partition coefficient (Wildman–Crippen LogP) is 1.56. The highest BCUT2D eigenvalue weighted by atomic mass is 127. The van der Waals surface area contributed by atoms with Crippen molar-refractivity contribution < 1.29 is 9.26 Å². The smallest absolute Gasteiger partial charge is 0.191 e. The van der Waals surface area contributed by atoms with Crippen molar-refractivity contribution in [3.8, 4) is 0 Å². The highest BCUT2D eigenvalue weighted by molar-refractivity contribution is 14.0. The molecule has 0 spiro atoms. The Morgan fingerprint density at radius 3 is 2.79 bits per heavy atom. The number of nitrogens with zero attached hydrogens (tertiary/aromatic N) is 2. The van der Waals surface area contributed by atoms with E-state index in [1.54, 1.807) is 7.05 Å². The van der Waals surface area contributed by atoms with E-state index in [1.165, 1.54) is 0 Å². The van der Waals surface area contributed by atoms with Crippen LogP contribution in [0.15, 0.2) is 15.6 Å². The first-order chi connectivity index (χ1) is 8.80. The molecule has 110 valence electrons. The fourth-order valence-electron chi connectivity index (χ4n) is 1.38. The number of aryl methyl sites for hydroxylation is 1. The molecule has 0 aromatic carbocycles. The molecular formula is C12H23IN4O2. The van der Waals surface area contributed by atoms with Gasteiger partial charge < -0.3 is 19.9 Å². The highest BCUT2D eigenvalue weighted by Gasteiger charge is 2.03. The summed E-state index contributed by atoms with van der Waals surface area (Å²) in [4.78, 5) is 4.10. The van der Waals surface area contributed by atoms with Gasteiger partial charge in [-0.1, -0.05) is 12.1 Å². The van der Waals surface area contributed by atoms with Crippen molar-refractivity contribution in [2.24, 2.45) is 4.99 Å². The van der Waals surface area contributed by atoms with Crippen LogP contribution >= 0.6 is 24.0 Å². The van der Waals surface area contributed by atoms with Crippen molar-refractivity contribution in [1.29, 1.82) is 0 Å². The van der Waals surface area contributed by atoms with Crippen LogP contribution in [0.25, 0.3) is 0 Å². The van der Waals surface area contributed by atoms with Crippen LogP contribution in [0.2, 0.25) is 0 Å². The van der Waals surface area contributed by atoms with Crippen molar-refractivity contribution in [3.05, 3.63) is 17.5 Å². The van der Waals surface area contributed by atoms with Gasteiger partial charge in [-0.15, -0.1) is 24.0 Å². The van der Waals surface area contributed by atoms with Gasteiger partial charge in [-0.25, -0.2) is 0 Å². The number of rotatable bonds is 7. The standard InChI is InChI=1S/C12H22N4O2.HI/c1-4-10-8-11(18-16-10)9-15-12(13-3)14-6-7-17-5-2;/h8H,4-7,9H2,1-3H3,(H2,13,14,15);1H. The molecule has 7 heteroatoms. The molecule has 1 aromatic heterocycles. The molecule has 1 heterocycles. The topological polar surface area (TPSA) is 71.7 Å². The second-order valence-electron chi connectivity index (χ2n) is 3.69. The van der Waals surface area contributed by atoms with Crippen molar-refractivity contribution in [2.45, 2.75) is 26.8 Å². The molecule has 0 atom stereocenters. The van der Waals surface area contributed by atoms with Crippen LogP contribution in [0.3, 0.4) is 0 Å².